The van der Waals surface area contributed by atoms with Gasteiger partial charge in [-0.05, 0) is 50.3 Å². The Balaban J connectivity index is 1.58. The zero-order valence-corrected chi connectivity index (χ0v) is 16.4. The number of aryl methyl sites for hydroxylation is 1. The maximum Gasteiger partial charge on any atom is 0.241 e. The average molecular weight is 367 g/mol. The van der Waals surface area contributed by atoms with E-state index in [1.807, 2.05) is 37.3 Å². The number of allylic oxidation sites excluding steroid dienone is 3. The number of hydrogen-bond acceptors (Lipinski definition) is 3. The van der Waals surface area contributed by atoms with Gasteiger partial charge < -0.3 is 10.5 Å². The highest BCUT2D eigenvalue weighted by Crippen LogP contribution is 2.21. The lowest BCUT2D eigenvalue weighted by atomic mass is 10.1. The maximum absolute atomic E-state index is 10.7. The number of amides is 1. The third-order valence-electron chi connectivity index (χ3n) is 4.42. The number of hydrogen-bond donors (Lipinski definition) is 1. The number of nitrogens with two attached hydrogens (primary N) is 1. The average Bonchev–Trinajstić information content (AvgIpc) is 2.62. The topological polar surface area (TPSA) is 65.2 Å². The number of carbonyl (C=O) groups excluding carboxylic acids is 1. The standard InChI is InChI=1S/C23H30N2O2/c1-18(16-22(24)26)12-8-6-4-3-5-7-11-15-27-23-17-19(2)20-13-9-10-14-21(20)25-23/h8-10,12-14,16-17H,3-7,11,15H2,1-2H3,(H2,24,26). The van der Waals surface area contributed by atoms with E-state index in [1.165, 1.54) is 29.9 Å². The van der Waals surface area contributed by atoms with Crippen LogP contribution in [-0.2, 0) is 4.79 Å². The van der Waals surface area contributed by atoms with Gasteiger partial charge in [0, 0.05) is 17.5 Å². The first kappa shape index (κ1) is 20.7. The monoisotopic (exact) mass is 366 g/mol. The van der Waals surface area contributed by atoms with E-state index in [9.17, 15) is 4.79 Å². The van der Waals surface area contributed by atoms with Crippen molar-refractivity contribution in [3.8, 4) is 5.88 Å². The molecule has 0 bridgehead atoms. The lowest BCUT2D eigenvalue weighted by molar-refractivity contribution is -0.113. The highest BCUT2D eigenvalue weighted by molar-refractivity contribution is 5.86. The van der Waals surface area contributed by atoms with Gasteiger partial charge in [-0.15, -0.1) is 0 Å². The Morgan fingerprint density at radius 2 is 1.89 bits per heavy atom. The smallest absolute Gasteiger partial charge is 0.241 e. The number of unbranched alkanes of at least 4 members (excludes halogenated alkanes) is 5. The summed E-state index contributed by atoms with van der Waals surface area (Å²) in [5.41, 5.74) is 8.20. The lowest BCUT2D eigenvalue weighted by Crippen LogP contribution is -2.06. The number of primary amides is 1. The van der Waals surface area contributed by atoms with Crippen LogP contribution in [0.15, 0.2) is 54.1 Å². The van der Waals surface area contributed by atoms with Gasteiger partial charge in [-0.3, -0.25) is 4.79 Å². The summed E-state index contributed by atoms with van der Waals surface area (Å²) in [6.07, 6.45) is 12.3. The SMILES string of the molecule is CC(C=CCCCCCCCOc1cc(C)c2ccccc2n1)=CC(N)=O. The number of carbonyl (C=O) groups is 1. The summed E-state index contributed by atoms with van der Waals surface area (Å²) >= 11 is 0. The van der Waals surface area contributed by atoms with Crippen LogP contribution in [0.2, 0.25) is 0 Å². The number of pyridine rings is 1. The van der Waals surface area contributed by atoms with E-state index in [2.05, 4.69) is 24.1 Å². The molecule has 0 aliphatic heterocycles. The van der Waals surface area contributed by atoms with Crippen LogP contribution < -0.4 is 10.5 Å². The van der Waals surface area contributed by atoms with Crippen molar-refractivity contribution in [3.63, 3.8) is 0 Å². The second-order valence-corrected chi connectivity index (χ2v) is 6.89. The number of fused-ring (bicyclic) bond motifs is 1. The van der Waals surface area contributed by atoms with E-state index in [0.29, 0.717) is 6.61 Å². The van der Waals surface area contributed by atoms with Crippen molar-refractivity contribution < 1.29 is 9.53 Å². The molecule has 144 valence electrons. The molecule has 4 heteroatoms. The molecular formula is C23H30N2O2. The van der Waals surface area contributed by atoms with Crippen molar-refractivity contribution in [3.05, 3.63) is 59.7 Å². The summed E-state index contributed by atoms with van der Waals surface area (Å²) in [5.74, 6) is 0.323. The number of aromatic nitrogens is 1. The Morgan fingerprint density at radius 3 is 2.70 bits per heavy atom. The molecule has 1 aromatic heterocycles. The predicted molar refractivity (Wildman–Crippen MR) is 112 cm³/mol. The van der Waals surface area contributed by atoms with Crippen LogP contribution in [-0.4, -0.2) is 17.5 Å². The zero-order chi connectivity index (χ0) is 19.5. The Kier molecular flexibility index (Phi) is 8.56. The molecule has 0 radical (unpaired) electrons. The van der Waals surface area contributed by atoms with E-state index >= 15 is 0 Å². The van der Waals surface area contributed by atoms with Gasteiger partial charge in [-0.25, -0.2) is 4.98 Å². The van der Waals surface area contributed by atoms with E-state index in [1.54, 1.807) is 0 Å². The van der Waals surface area contributed by atoms with Crippen LogP contribution in [0.1, 0.15) is 51.0 Å². The molecule has 27 heavy (non-hydrogen) atoms. The molecule has 0 spiro atoms. The van der Waals surface area contributed by atoms with Crippen molar-refractivity contribution in [2.45, 2.75) is 52.4 Å². The first-order valence-electron chi connectivity index (χ1n) is 9.70. The van der Waals surface area contributed by atoms with E-state index < -0.39 is 5.91 Å². The molecule has 2 rings (SSSR count). The van der Waals surface area contributed by atoms with E-state index in [-0.39, 0.29) is 0 Å². The predicted octanol–water partition coefficient (Wildman–Crippen LogP) is 5.25. The summed E-state index contributed by atoms with van der Waals surface area (Å²) in [5, 5.41) is 1.18. The number of benzene rings is 1. The largest absolute Gasteiger partial charge is 0.478 e. The molecule has 2 N–H and O–H groups in total. The number of nitrogens with zero attached hydrogens (tertiary/aromatic N) is 1. The summed E-state index contributed by atoms with van der Waals surface area (Å²) in [4.78, 5) is 15.3. The second-order valence-electron chi connectivity index (χ2n) is 6.89. The third kappa shape index (κ3) is 7.65. The van der Waals surface area contributed by atoms with Crippen molar-refractivity contribution in [1.29, 1.82) is 0 Å². The van der Waals surface area contributed by atoms with Gasteiger partial charge in [0.1, 0.15) is 0 Å². The third-order valence-corrected chi connectivity index (χ3v) is 4.42. The molecule has 4 nitrogen and oxygen atoms in total. The summed E-state index contributed by atoms with van der Waals surface area (Å²) in [7, 11) is 0. The summed E-state index contributed by atoms with van der Waals surface area (Å²) in [6.45, 7) is 4.69. The van der Waals surface area contributed by atoms with Gasteiger partial charge in [0.2, 0.25) is 11.8 Å². The molecule has 0 atom stereocenters. The normalized spacial score (nSPS) is 12.0. The van der Waals surface area contributed by atoms with Crippen LogP contribution in [0.3, 0.4) is 0 Å². The number of ether oxygens (including phenoxy) is 1. The van der Waals surface area contributed by atoms with Crippen LogP contribution in [0.4, 0.5) is 0 Å². The highest BCUT2D eigenvalue weighted by Gasteiger charge is 2.03. The lowest BCUT2D eigenvalue weighted by Gasteiger charge is -2.08. The van der Waals surface area contributed by atoms with Crippen LogP contribution in [0, 0.1) is 6.92 Å². The van der Waals surface area contributed by atoms with Crippen LogP contribution in [0.5, 0.6) is 5.88 Å². The molecule has 1 aromatic carbocycles. The second kappa shape index (κ2) is 11.2. The van der Waals surface area contributed by atoms with E-state index in [0.717, 1.165) is 42.7 Å². The van der Waals surface area contributed by atoms with Crippen LogP contribution in [0.25, 0.3) is 10.9 Å². The number of rotatable bonds is 11. The minimum Gasteiger partial charge on any atom is -0.478 e. The minimum absolute atomic E-state index is 0.395. The van der Waals surface area contributed by atoms with E-state index in [4.69, 9.17) is 10.5 Å². The first-order valence-corrected chi connectivity index (χ1v) is 9.70. The molecule has 0 saturated carbocycles. The summed E-state index contributed by atoms with van der Waals surface area (Å²) in [6, 6.07) is 10.2. The van der Waals surface area contributed by atoms with Crippen molar-refractivity contribution in [2.75, 3.05) is 6.61 Å². The molecule has 0 unspecified atom stereocenters. The zero-order valence-electron chi connectivity index (χ0n) is 16.4. The molecule has 0 aliphatic carbocycles. The number of para-hydroxylation sites is 1. The molecule has 1 amide bonds. The molecule has 0 fully saturated rings. The molecule has 0 saturated heterocycles. The quantitative estimate of drug-likeness (QED) is 0.335. The fraction of sp³-hybridized carbons (Fsp3) is 0.391. The minimum atomic E-state index is -0.395. The van der Waals surface area contributed by atoms with Gasteiger partial charge in [0.05, 0.1) is 12.1 Å². The molecule has 1 heterocycles. The van der Waals surface area contributed by atoms with Gasteiger partial charge in [0.25, 0.3) is 0 Å². The van der Waals surface area contributed by atoms with Gasteiger partial charge in [-0.2, -0.15) is 0 Å². The van der Waals surface area contributed by atoms with Crippen molar-refractivity contribution in [1.82, 2.24) is 4.98 Å². The molecule has 0 aliphatic rings. The first-order chi connectivity index (χ1) is 13.1. The van der Waals surface area contributed by atoms with Crippen LogP contribution >= 0.6 is 0 Å². The van der Waals surface area contributed by atoms with Gasteiger partial charge >= 0.3 is 0 Å². The Morgan fingerprint density at radius 1 is 1.15 bits per heavy atom. The molecular weight excluding hydrogens is 336 g/mol. The Labute approximate surface area is 162 Å². The fourth-order valence-corrected chi connectivity index (χ4v) is 3.01. The summed E-state index contributed by atoms with van der Waals surface area (Å²) < 4.78 is 5.83. The Bertz CT molecular complexity index is 809. The fourth-order valence-electron chi connectivity index (χ4n) is 3.01. The Hall–Kier alpha value is -2.62. The maximum atomic E-state index is 10.7. The van der Waals surface area contributed by atoms with Gasteiger partial charge in [-0.1, -0.05) is 49.6 Å². The van der Waals surface area contributed by atoms with Crippen molar-refractivity contribution in [2.24, 2.45) is 5.73 Å². The van der Waals surface area contributed by atoms with Gasteiger partial charge in [0.15, 0.2) is 0 Å². The van der Waals surface area contributed by atoms with Crippen molar-refractivity contribution >= 4 is 16.8 Å². The highest BCUT2D eigenvalue weighted by atomic mass is 16.5. The molecule has 2 aromatic rings.